The highest BCUT2D eigenvalue weighted by molar-refractivity contribution is 6.30. The fourth-order valence-corrected chi connectivity index (χ4v) is 2.87. The van der Waals surface area contributed by atoms with Crippen molar-refractivity contribution in [3.63, 3.8) is 0 Å². The molecule has 0 fully saturated rings. The molecule has 0 unspecified atom stereocenters. The molecule has 0 amide bonds. The Bertz CT molecular complexity index is 1160. The van der Waals surface area contributed by atoms with E-state index in [9.17, 15) is 14.0 Å². The van der Waals surface area contributed by atoms with Crippen LogP contribution in [-0.4, -0.2) is 35.7 Å². The van der Waals surface area contributed by atoms with Crippen LogP contribution in [0.4, 0.5) is 4.39 Å². The van der Waals surface area contributed by atoms with Gasteiger partial charge < -0.3 is 23.7 Å². The molecule has 0 spiro atoms. The number of carbonyl (C=O) groups is 2. The molecule has 2 atom stereocenters. The van der Waals surface area contributed by atoms with Gasteiger partial charge in [0.15, 0.2) is 18.0 Å². The number of pyridine rings is 1. The summed E-state index contributed by atoms with van der Waals surface area (Å²) in [5.41, 5.74) is 0. The first-order valence-electron chi connectivity index (χ1n) is 10.7. The molecule has 0 radical (unpaired) electrons. The Morgan fingerprint density at radius 1 is 0.886 bits per heavy atom. The molecule has 0 saturated carbocycles. The summed E-state index contributed by atoms with van der Waals surface area (Å²) in [6, 6.07) is 13.5. The SMILES string of the molecule is CCOC(=O)[C@@H](C)Oc1ccc(OC(=O)[C@@H](C)Oc2ccc(Oc3ncc(Cl)cc3F)cc2)cc1. The molecular formula is C25H23ClFNO7. The smallest absolute Gasteiger partial charge is 0.352 e. The third-order valence-corrected chi connectivity index (χ3v) is 4.64. The Balaban J connectivity index is 1.51. The van der Waals surface area contributed by atoms with Crippen molar-refractivity contribution < 1.29 is 37.7 Å². The number of ether oxygens (including phenoxy) is 5. The van der Waals surface area contributed by atoms with Gasteiger partial charge in [-0.2, -0.15) is 0 Å². The molecule has 0 N–H and O–H groups in total. The number of esters is 2. The lowest BCUT2D eigenvalue weighted by Crippen LogP contribution is -2.28. The average molecular weight is 504 g/mol. The summed E-state index contributed by atoms with van der Waals surface area (Å²) in [6.07, 6.45) is -0.415. The summed E-state index contributed by atoms with van der Waals surface area (Å²) in [6.45, 7) is 5.10. The fourth-order valence-electron chi connectivity index (χ4n) is 2.72. The zero-order chi connectivity index (χ0) is 25.4. The predicted octanol–water partition coefficient (Wildman–Crippen LogP) is 5.37. The van der Waals surface area contributed by atoms with Crippen molar-refractivity contribution in [2.24, 2.45) is 0 Å². The lowest BCUT2D eigenvalue weighted by Gasteiger charge is -2.15. The predicted molar refractivity (Wildman–Crippen MR) is 125 cm³/mol. The Kier molecular flexibility index (Phi) is 8.86. The van der Waals surface area contributed by atoms with Crippen molar-refractivity contribution in [2.75, 3.05) is 6.61 Å². The second kappa shape index (κ2) is 12.0. The number of benzene rings is 2. The van der Waals surface area contributed by atoms with Gasteiger partial charge in [0.25, 0.3) is 5.88 Å². The maximum absolute atomic E-state index is 13.8. The van der Waals surface area contributed by atoms with Crippen LogP contribution in [0.5, 0.6) is 28.9 Å². The van der Waals surface area contributed by atoms with Crippen LogP contribution in [0.3, 0.4) is 0 Å². The molecule has 35 heavy (non-hydrogen) atoms. The van der Waals surface area contributed by atoms with Gasteiger partial charge in [0.2, 0.25) is 0 Å². The second-order valence-electron chi connectivity index (χ2n) is 7.18. The number of halogens is 2. The standard InChI is InChI=1S/C25H23ClFNO7/c1-4-31-24(29)15(2)32-18-7-11-21(12-8-18)35-25(30)16(3)33-19-5-9-20(10-6-19)34-23-22(27)13-17(26)14-28-23/h5-16H,4H2,1-3H3/t15-,16-/m1/s1. The number of hydrogen-bond donors (Lipinski definition) is 0. The van der Waals surface area contributed by atoms with E-state index in [2.05, 4.69) is 4.98 Å². The average Bonchev–Trinajstić information content (AvgIpc) is 2.83. The van der Waals surface area contributed by atoms with Crippen molar-refractivity contribution in [2.45, 2.75) is 33.0 Å². The van der Waals surface area contributed by atoms with E-state index >= 15 is 0 Å². The van der Waals surface area contributed by atoms with Crippen LogP contribution in [0.2, 0.25) is 5.02 Å². The van der Waals surface area contributed by atoms with Crippen LogP contribution in [0.1, 0.15) is 20.8 Å². The van der Waals surface area contributed by atoms with Gasteiger partial charge in [0.1, 0.15) is 23.0 Å². The van der Waals surface area contributed by atoms with Gasteiger partial charge >= 0.3 is 11.9 Å². The highest BCUT2D eigenvalue weighted by Gasteiger charge is 2.19. The lowest BCUT2D eigenvalue weighted by atomic mass is 10.3. The number of carbonyl (C=O) groups excluding carboxylic acids is 2. The minimum atomic E-state index is -0.920. The number of rotatable bonds is 10. The molecular weight excluding hydrogens is 481 g/mol. The van der Waals surface area contributed by atoms with Gasteiger partial charge in [-0.15, -0.1) is 0 Å². The largest absolute Gasteiger partial charge is 0.479 e. The van der Waals surface area contributed by atoms with Crippen molar-refractivity contribution in [3.05, 3.63) is 71.6 Å². The van der Waals surface area contributed by atoms with Gasteiger partial charge in [-0.3, -0.25) is 0 Å². The molecule has 0 aliphatic carbocycles. The minimum Gasteiger partial charge on any atom is -0.479 e. The molecule has 8 nitrogen and oxygen atoms in total. The maximum Gasteiger partial charge on any atom is 0.352 e. The maximum atomic E-state index is 13.8. The highest BCUT2D eigenvalue weighted by Crippen LogP contribution is 2.26. The van der Waals surface area contributed by atoms with E-state index in [0.717, 1.165) is 6.07 Å². The zero-order valence-electron chi connectivity index (χ0n) is 19.2. The molecule has 0 aliphatic rings. The Hall–Kier alpha value is -3.85. The molecule has 0 aliphatic heterocycles. The third-order valence-electron chi connectivity index (χ3n) is 4.43. The molecule has 10 heteroatoms. The Morgan fingerprint density at radius 3 is 1.94 bits per heavy atom. The molecule has 2 aromatic carbocycles. The van der Waals surface area contributed by atoms with Gasteiger partial charge in [-0.25, -0.2) is 19.0 Å². The summed E-state index contributed by atoms with van der Waals surface area (Å²) >= 11 is 5.68. The first-order valence-corrected chi connectivity index (χ1v) is 11.0. The van der Waals surface area contributed by atoms with Crippen molar-refractivity contribution in [1.29, 1.82) is 0 Å². The van der Waals surface area contributed by atoms with E-state index < -0.39 is 30.0 Å². The van der Waals surface area contributed by atoms with Crippen LogP contribution in [-0.2, 0) is 14.3 Å². The first kappa shape index (κ1) is 25.8. The monoisotopic (exact) mass is 503 g/mol. The van der Waals surface area contributed by atoms with Crippen LogP contribution >= 0.6 is 11.6 Å². The van der Waals surface area contributed by atoms with E-state index in [1.165, 1.54) is 25.3 Å². The number of aromatic nitrogens is 1. The van der Waals surface area contributed by atoms with E-state index in [1.54, 1.807) is 50.2 Å². The van der Waals surface area contributed by atoms with E-state index in [1.807, 2.05) is 0 Å². The van der Waals surface area contributed by atoms with Crippen LogP contribution in [0.25, 0.3) is 0 Å². The summed E-state index contributed by atoms with van der Waals surface area (Å²) < 4.78 is 40.5. The topological polar surface area (TPSA) is 93.2 Å². The van der Waals surface area contributed by atoms with E-state index in [0.29, 0.717) is 17.2 Å². The Labute approximate surface area is 206 Å². The molecule has 3 aromatic rings. The molecule has 1 aromatic heterocycles. The van der Waals surface area contributed by atoms with Crippen molar-refractivity contribution in [3.8, 4) is 28.9 Å². The van der Waals surface area contributed by atoms with E-state index in [4.69, 9.17) is 35.3 Å². The van der Waals surface area contributed by atoms with Gasteiger partial charge in [-0.1, -0.05) is 11.6 Å². The van der Waals surface area contributed by atoms with Gasteiger partial charge in [0.05, 0.1) is 11.6 Å². The number of hydrogen-bond acceptors (Lipinski definition) is 8. The Morgan fingerprint density at radius 2 is 1.40 bits per heavy atom. The lowest BCUT2D eigenvalue weighted by molar-refractivity contribution is -0.150. The zero-order valence-corrected chi connectivity index (χ0v) is 20.0. The second-order valence-corrected chi connectivity index (χ2v) is 7.62. The molecule has 184 valence electrons. The summed E-state index contributed by atoms with van der Waals surface area (Å²) in [5.74, 6) is -0.597. The molecule has 1 heterocycles. The summed E-state index contributed by atoms with van der Waals surface area (Å²) in [5, 5.41) is 0.160. The first-order chi connectivity index (χ1) is 16.7. The fraction of sp³-hybridized carbons (Fsp3) is 0.240. The molecule has 3 rings (SSSR count). The van der Waals surface area contributed by atoms with E-state index in [-0.39, 0.29) is 23.3 Å². The molecule has 0 saturated heterocycles. The van der Waals surface area contributed by atoms with Crippen LogP contribution < -0.4 is 18.9 Å². The minimum absolute atomic E-state index is 0.160. The highest BCUT2D eigenvalue weighted by atomic mass is 35.5. The third kappa shape index (κ3) is 7.58. The number of nitrogens with zero attached hydrogens (tertiary/aromatic N) is 1. The van der Waals surface area contributed by atoms with Crippen molar-refractivity contribution >= 4 is 23.5 Å². The summed E-state index contributed by atoms with van der Waals surface area (Å²) in [4.78, 5) is 27.8. The van der Waals surface area contributed by atoms with Crippen LogP contribution in [0, 0.1) is 5.82 Å². The van der Waals surface area contributed by atoms with Crippen molar-refractivity contribution in [1.82, 2.24) is 4.98 Å². The summed E-state index contributed by atoms with van der Waals surface area (Å²) in [7, 11) is 0. The molecule has 0 bridgehead atoms. The normalized spacial score (nSPS) is 12.3. The van der Waals surface area contributed by atoms with Crippen LogP contribution in [0.15, 0.2) is 60.8 Å². The van der Waals surface area contributed by atoms with Gasteiger partial charge in [-0.05, 0) is 75.4 Å². The van der Waals surface area contributed by atoms with Gasteiger partial charge in [0, 0.05) is 6.20 Å². The quantitative estimate of drug-likeness (QED) is 0.269.